The number of carbonyl (C=O) groups excluding carboxylic acids is 1. The molecule has 3 aromatic rings. The largest absolute Gasteiger partial charge is 0.433 e. The van der Waals surface area contributed by atoms with Crippen LogP contribution in [0.5, 0.6) is 0 Å². The second kappa shape index (κ2) is 8.78. The third-order valence-electron chi connectivity index (χ3n) is 5.32. The van der Waals surface area contributed by atoms with Gasteiger partial charge in [0.1, 0.15) is 17.8 Å². The normalized spacial score (nSPS) is 16.4. The first-order valence-corrected chi connectivity index (χ1v) is 10.3. The number of nitrogens with one attached hydrogen (secondary N) is 1. The molecule has 1 aromatic carbocycles. The Kier molecular flexibility index (Phi) is 6.05. The van der Waals surface area contributed by atoms with E-state index in [9.17, 15) is 18.0 Å². The van der Waals surface area contributed by atoms with Crippen molar-refractivity contribution in [3.8, 4) is 0 Å². The summed E-state index contributed by atoms with van der Waals surface area (Å²) in [6.07, 6.45) is -1.61. The summed E-state index contributed by atoms with van der Waals surface area (Å²) in [6, 6.07) is 8.74. The lowest BCUT2D eigenvalue weighted by Crippen LogP contribution is -2.36. The van der Waals surface area contributed by atoms with E-state index in [1.54, 1.807) is 21.7 Å². The van der Waals surface area contributed by atoms with Gasteiger partial charge in [-0.2, -0.15) is 18.3 Å². The molecule has 2 aromatic heterocycles. The highest BCUT2D eigenvalue weighted by Gasteiger charge is 2.35. The number of likely N-dealkylation sites (tertiary alicyclic amines) is 1. The zero-order valence-electron chi connectivity index (χ0n) is 17.1. The number of rotatable bonds is 4. The fourth-order valence-electron chi connectivity index (χ4n) is 3.73. The fraction of sp³-hybridized carbons (Fsp3) is 0.333. The van der Waals surface area contributed by atoms with E-state index >= 15 is 0 Å². The van der Waals surface area contributed by atoms with Gasteiger partial charge >= 0.3 is 12.2 Å². The van der Waals surface area contributed by atoms with Crippen molar-refractivity contribution in [2.24, 2.45) is 0 Å². The molecule has 0 aliphatic carbocycles. The van der Waals surface area contributed by atoms with Crippen LogP contribution in [0.2, 0.25) is 5.02 Å². The Hall–Kier alpha value is -3.14. The molecule has 11 heteroatoms. The van der Waals surface area contributed by atoms with Gasteiger partial charge in [-0.1, -0.05) is 23.7 Å². The number of hydrogen-bond acceptors (Lipinski definition) is 4. The van der Waals surface area contributed by atoms with Gasteiger partial charge in [0.15, 0.2) is 0 Å². The first-order valence-electron chi connectivity index (χ1n) is 9.97. The first kappa shape index (κ1) is 22.1. The minimum Gasteiger partial charge on any atom is -0.314 e. The lowest BCUT2D eigenvalue weighted by atomic mass is 10.2. The van der Waals surface area contributed by atoms with E-state index in [4.69, 9.17) is 11.6 Å². The van der Waals surface area contributed by atoms with Gasteiger partial charge in [0.2, 0.25) is 0 Å². The maximum atomic E-state index is 13.0. The smallest absolute Gasteiger partial charge is 0.314 e. The summed E-state index contributed by atoms with van der Waals surface area (Å²) in [5, 5.41) is 7.62. The number of hydrogen-bond donors (Lipinski definition) is 1. The van der Waals surface area contributed by atoms with Crippen molar-refractivity contribution >= 4 is 23.3 Å². The van der Waals surface area contributed by atoms with Gasteiger partial charge in [-0.3, -0.25) is 0 Å². The van der Waals surface area contributed by atoms with Crippen molar-refractivity contribution in [3.63, 3.8) is 0 Å². The molecule has 0 radical (unpaired) electrons. The van der Waals surface area contributed by atoms with E-state index in [0.29, 0.717) is 30.4 Å². The Morgan fingerprint density at radius 1 is 1.22 bits per heavy atom. The quantitative estimate of drug-likeness (QED) is 0.584. The van der Waals surface area contributed by atoms with Crippen molar-refractivity contribution < 1.29 is 18.0 Å². The van der Waals surface area contributed by atoms with E-state index in [1.807, 2.05) is 12.1 Å². The summed E-state index contributed by atoms with van der Waals surface area (Å²) in [6.45, 7) is 2.40. The topological polar surface area (TPSA) is 75.9 Å². The van der Waals surface area contributed by atoms with Gasteiger partial charge in [-0.25, -0.2) is 19.4 Å². The van der Waals surface area contributed by atoms with E-state index in [-0.39, 0.29) is 17.4 Å². The number of aromatic nitrogens is 4. The molecule has 32 heavy (non-hydrogen) atoms. The molecule has 1 aliphatic heterocycles. The minimum absolute atomic E-state index is 0.0924. The van der Waals surface area contributed by atoms with Crippen LogP contribution in [0.1, 0.15) is 41.7 Å². The van der Waals surface area contributed by atoms with Crippen LogP contribution in [0.25, 0.3) is 0 Å². The lowest BCUT2D eigenvalue weighted by molar-refractivity contribution is -0.141. The molecule has 2 amide bonds. The predicted octanol–water partition coefficient (Wildman–Crippen LogP) is 5.07. The number of halogens is 4. The molecule has 1 fully saturated rings. The van der Waals surface area contributed by atoms with Crippen LogP contribution in [0.3, 0.4) is 0 Å². The van der Waals surface area contributed by atoms with Crippen molar-refractivity contribution in [1.29, 1.82) is 0 Å². The second-order valence-electron chi connectivity index (χ2n) is 7.51. The maximum absolute atomic E-state index is 13.0. The molecule has 1 N–H and O–H groups in total. The monoisotopic (exact) mass is 464 g/mol. The van der Waals surface area contributed by atoms with Crippen LogP contribution in [-0.4, -0.2) is 37.2 Å². The van der Waals surface area contributed by atoms with Crippen LogP contribution in [-0.2, 0) is 12.7 Å². The van der Waals surface area contributed by atoms with Crippen LogP contribution in [0.15, 0.2) is 42.7 Å². The van der Waals surface area contributed by atoms with Crippen LogP contribution in [0, 0.1) is 6.92 Å². The molecule has 4 rings (SSSR count). The van der Waals surface area contributed by atoms with Gasteiger partial charge in [0, 0.05) is 11.6 Å². The number of aryl methyl sites for hydroxylation is 1. The number of pyridine rings is 1. The highest BCUT2D eigenvalue weighted by Crippen LogP contribution is 2.33. The molecule has 0 bridgehead atoms. The molecule has 1 aliphatic rings. The maximum Gasteiger partial charge on any atom is 0.433 e. The number of amides is 2. The zero-order valence-corrected chi connectivity index (χ0v) is 17.9. The lowest BCUT2D eigenvalue weighted by Gasteiger charge is -2.25. The van der Waals surface area contributed by atoms with Crippen molar-refractivity contribution in [2.75, 3.05) is 11.9 Å². The van der Waals surface area contributed by atoms with Crippen molar-refractivity contribution in [1.82, 2.24) is 24.6 Å². The molecule has 0 saturated carbocycles. The van der Waals surface area contributed by atoms with Gasteiger partial charge in [0.25, 0.3) is 0 Å². The Morgan fingerprint density at radius 3 is 2.66 bits per heavy atom. The average Bonchev–Trinajstić information content (AvgIpc) is 3.39. The standard InChI is InChI=1S/C21H20ClF3N6O/c1-13-16(8-9-18(28-13)21(23,24)25)29-20(32)30-10-2-3-17(30)19-26-12-27-31(19)11-14-4-6-15(22)7-5-14/h4-9,12,17H,2-3,10-11H2,1H3,(H,29,32)/t17-/m1/s1. The SMILES string of the molecule is Cc1nc(C(F)(F)F)ccc1NC(=O)N1CCC[C@@H]1c1ncnn1Cc1ccc(Cl)cc1. The molecule has 3 heterocycles. The van der Waals surface area contributed by atoms with Crippen molar-refractivity contribution in [2.45, 2.75) is 38.5 Å². The molecule has 1 saturated heterocycles. The van der Waals surface area contributed by atoms with E-state index in [2.05, 4.69) is 20.4 Å². The molecule has 7 nitrogen and oxygen atoms in total. The number of anilines is 1. The van der Waals surface area contributed by atoms with Gasteiger partial charge in [0.05, 0.1) is 24.0 Å². The summed E-state index contributed by atoms with van der Waals surface area (Å²) in [4.78, 5) is 22.5. The predicted molar refractivity (Wildman–Crippen MR) is 112 cm³/mol. The molecular formula is C21H20ClF3N6O. The number of benzene rings is 1. The third kappa shape index (κ3) is 4.69. The molecule has 168 valence electrons. The number of alkyl halides is 3. The number of nitrogens with zero attached hydrogens (tertiary/aromatic N) is 5. The summed E-state index contributed by atoms with van der Waals surface area (Å²) in [5.41, 5.74) is 0.315. The fourth-order valence-corrected chi connectivity index (χ4v) is 3.86. The van der Waals surface area contributed by atoms with Crippen LogP contribution in [0.4, 0.5) is 23.7 Å². The summed E-state index contributed by atoms with van der Waals surface area (Å²) in [5.74, 6) is 0.648. The van der Waals surface area contributed by atoms with E-state index in [1.165, 1.54) is 19.3 Å². The minimum atomic E-state index is -4.54. The van der Waals surface area contributed by atoms with E-state index < -0.39 is 17.9 Å². The molecular weight excluding hydrogens is 445 g/mol. The third-order valence-corrected chi connectivity index (χ3v) is 5.57. The van der Waals surface area contributed by atoms with Gasteiger partial charge in [-0.15, -0.1) is 0 Å². The Bertz CT molecular complexity index is 1120. The highest BCUT2D eigenvalue weighted by atomic mass is 35.5. The summed E-state index contributed by atoms with van der Waals surface area (Å²) < 4.78 is 40.3. The Labute approximate surface area is 187 Å². The number of carbonyl (C=O) groups is 1. The highest BCUT2D eigenvalue weighted by molar-refractivity contribution is 6.30. The van der Waals surface area contributed by atoms with Crippen LogP contribution < -0.4 is 5.32 Å². The van der Waals surface area contributed by atoms with Crippen LogP contribution >= 0.6 is 11.6 Å². The Morgan fingerprint density at radius 2 is 1.97 bits per heavy atom. The van der Waals surface area contributed by atoms with Gasteiger partial charge < -0.3 is 10.2 Å². The molecule has 1 atom stereocenters. The second-order valence-corrected chi connectivity index (χ2v) is 7.95. The summed E-state index contributed by atoms with van der Waals surface area (Å²) >= 11 is 5.94. The molecule has 0 spiro atoms. The number of urea groups is 1. The molecule has 0 unspecified atom stereocenters. The zero-order chi connectivity index (χ0) is 22.9. The van der Waals surface area contributed by atoms with Gasteiger partial charge in [-0.05, 0) is 49.6 Å². The average molecular weight is 465 g/mol. The first-order chi connectivity index (χ1) is 15.2. The summed E-state index contributed by atoms with van der Waals surface area (Å²) in [7, 11) is 0. The van der Waals surface area contributed by atoms with Crippen molar-refractivity contribution in [3.05, 3.63) is 70.5 Å². The Balaban J connectivity index is 1.50. The van der Waals surface area contributed by atoms with E-state index in [0.717, 1.165) is 18.1 Å².